The number of fused-ring (bicyclic) bond motifs is 1. The van der Waals surface area contributed by atoms with Crippen molar-refractivity contribution in [3.63, 3.8) is 0 Å². The summed E-state index contributed by atoms with van der Waals surface area (Å²) in [6, 6.07) is 11.8. The quantitative estimate of drug-likeness (QED) is 0.601. The molecule has 152 valence electrons. The number of carbonyl (C=O) groups excluding carboxylic acids is 1. The van der Waals surface area contributed by atoms with Crippen LogP contribution in [0.2, 0.25) is 0 Å². The standard InChI is InChI=1S/C19H20N4O4S2/c1-13-3-2-4-16-17(13)20-19(28-16)22-21-18(24)14-5-7-15(8-6-14)29(25,26)23-9-11-27-12-10-23/h2-8H,9-12H2,1H3,(H,20,22)(H,21,24). The fourth-order valence-electron chi connectivity index (χ4n) is 3.04. The summed E-state index contributed by atoms with van der Waals surface area (Å²) in [6.07, 6.45) is 0. The molecule has 10 heteroatoms. The Bertz CT molecular complexity index is 1140. The molecule has 0 saturated carbocycles. The first-order valence-corrected chi connectivity index (χ1v) is 11.3. The number of aryl methyl sites for hydroxylation is 1. The lowest BCUT2D eigenvalue weighted by atomic mass is 10.2. The Morgan fingerprint density at radius 3 is 2.55 bits per heavy atom. The van der Waals surface area contributed by atoms with Crippen LogP contribution in [-0.2, 0) is 14.8 Å². The molecule has 1 aliphatic rings. The van der Waals surface area contributed by atoms with Gasteiger partial charge in [-0.25, -0.2) is 13.4 Å². The molecule has 0 spiro atoms. The number of nitrogens with zero attached hydrogens (tertiary/aromatic N) is 2. The predicted octanol–water partition coefficient (Wildman–Crippen LogP) is 2.38. The van der Waals surface area contributed by atoms with Gasteiger partial charge >= 0.3 is 0 Å². The smallest absolute Gasteiger partial charge is 0.269 e. The number of hydrogen-bond acceptors (Lipinski definition) is 7. The fourth-order valence-corrected chi connectivity index (χ4v) is 5.34. The number of rotatable bonds is 5. The lowest BCUT2D eigenvalue weighted by Gasteiger charge is -2.26. The van der Waals surface area contributed by atoms with E-state index < -0.39 is 10.0 Å². The Kier molecular flexibility index (Phi) is 5.50. The van der Waals surface area contributed by atoms with E-state index in [4.69, 9.17) is 4.74 Å². The second kappa shape index (κ2) is 8.07. The molecular formula is C19H20N4O4S2. The summed E-state index contributed by atoms with van der Waals surface area (Å²) in [6.45, 7) is 3.41. The van der Waals surface area contributed by atoms with Crippen LogP contribution in [0.5, 0.6) is 0 Å². The average molecular weight is 433 g/mol. The van der Waals surface area contributed by atoms with Gasteiger partial charge in [0.05, 0.1) is 28.3 Å². The molecule has 1 aromatic heterocycles. The number of sulfonamides is 1. The van der Waals surface area contributed by atoms with Crippen LogP contribution in [-0.4, -0.2) is 49.9 Å². The molecule has 3 aromatic rings. The number of nitrogens with one attached hydrogen (secondary N) is 2. The van der Waals surface area contributed by atoms with Crippen LogP contribution in [0.25, 0.3) is 10.2 Å². The molecule has 29 heavy (non-hydrogen) atoms. The molecule has 2 aromatic carbocycles. The number of benzene rings is 2. The van der Waals surface area contributed by atoms with Crippen molar-refractivity contribution in [2.45, 2.75) is 11.8 Å². The SMILES string of the molecule is Cc1cccc2sc(NNC(=O)c3ccc(S(=O)(=O)N4CCOCC4)cc3)nc12. The zero-order valence-corrected chi connectivity index (χ0v) is 17.3. The largest absolute Gasteiger partial charge is 0.379 e. The van der Waals surface area contributed by atoms with Gasteiger partial charge in [-0.15, -0.1) is 0 Å². The Hall–Kier alpha value is -2.53. The minimum absolute atomic E-state index is 0.158. The van der Waals surface area contributed by atoms with E-state index in [2.05, 4.69) is 15.8 Å². The van der Waals surface area contributed by atoms with Crippen LogP contribution in [0.3, 0.4) is 0 Å². The van der Waals surface area contributed by atoms with E-state index in [1.165, 1.54) is 39.9 Å². The maximum atomic E-state index is 12.6. The molecule has 0 atom stereocenters. The van der Waals surface area contributed by atoms with Crippen molar-refractivity contribution in [2.75, 3.05) is 31.7 Å². The van der Waals surface area contributed by atoms with Crippen molar-refractivity contribution in [1.29, 1.82) is 0 Å². The fraction of sp³-hybridized carbons (Fsp3) is 0.263. The topological polar surface area (TPSA) is 101 Å². The molecule has 1 saturated heterocycles. The number of aromatic nitrogens is 1. The predicted molar refractivity (Wildman–Crippen MR) is 111 cm³/mol. The summed E-state index contributed by atoms with van der Waals surface area (Å²) in [5.41, 5.74) is 7.73. The lowest BCUT2D eigenvalue weighted by molar-refractivity contribution is 0.0730. The van der Waals surface area contributed by atoms with Gasteiger partial charge in [-0.2, -0.15) is 4.31 Å². The first-order valence-electron chi connectivity index (χ1n) is 9.05. The summed E-state index contributed by atoms with van der Waals surface area (Å²) >= 11 is 1.44. The number of amides is 1. The van der Waals surface area contributed by atoms with Gasteiger partial charge in [-0.1, -0.05) is 23.5 Å². The third-order valence-corrected chi connectivity index (χ3v) is 7.48. The third kappa shape index (κ3) is 4.10. The number of anilines is 1. The average Bonchev–Trinajstić information content (AvgIpc) is 3.17. The maximum Gasteiger partial charge on any atom is 0.269 e. The molecular weight excluding hydrogens is 412 g/mol. The molecule has 1 amide bonds. The van der Waals surface area contributed by atoms with Gasteiger partial charge < -0.3 is 4.74 Å². The minimum Gasteiger partial charge on any atom is -0.379 e. The normalized spacial score (nSPS) is 15.3. The van der Waals surface area contributed by atoms with Gasteiger partial charge in [0.2, 0.25) is 15.2 Å². The van der Waals surface area contributed by atoms with E-state index in [9.17, 15) is 13.2 Å². The number of thiazole rings is 1. The highest BCUT2D eigenvalue weighted by Crippen LogP contribution is 2.27. The second-order valence-corrected chi connectivity index (χ2v) is 9.53. The summed E-state index contributed by atoms with van der Waals surface area (Å²) in [5, 5.41) is 0.578. The zero-order chi connectivity index (χ0) is 20.4. The molecule has 1 aliphatic heterocycles. The van der Waals surface area contributed by atoms with Crippen molar-refractivity contribution >= 4 is 42.6 Å². The molecule has 1 fully saturated rings. The first kappa shape index (κ1) is 19.8. The van der Waals surface area contributed by atoms with Crippen LogP contribution in [0.15, 0.2) is 47.4 Å². The van der Waals surface area contributed by atoms with Crippen LogP contribution < -0.4 is 10.9 Å². The Labute approximate surface area is 172 Å². The molecule has 2 N–H and O–H groups in total. The number of morpholine rings is 1. The Morgan fingerprint density at radius 1 is 1.14 bits per heavy atom. The number of hydrogen-bond donors (Lipinski definition) is 2. The van der Waals surface area contributed by atoms with Crippen molar-refractivity contribution < 1.29 is 17.9 Å². The van der Waals surface area contributed by atoms with Gasteiger partial charge in [0, 0.05) is 18.7 Å². The number of para-hydroxylation sites is 1. The van der Waals surface area contributed by atoms with Crippen molar-refractivity contribution in [2.24, 2.45) is 0 Å². The highest BCUT2D eigenvalue weighted by molar-refractivity contribution is 7.89. The number of hydrazine groups is 1. The summed E-state index contributed by atoms with van der Waals surface area (Å²) in [5.74, 6) is -0.378. The van der Waals surface area contributed by atoms with Crippen molar-refractivity contribution in [1.82, 2.24) is 14.7 Å². The van der Waals surface area contributed by atoms with Crippen LogP contribution >= 0.6 is 11.3 Å². The molecule has 2 heterocycles. The summed E-state index contributed by atoms with van der Waals surface area (Å²) in [7, 11) is -3.58. The maximum absolute atomic E-state index is 12.6. The van der Waals surface area contributed by atoms with Gasteiger partial charge in [0.15, 0.2) is 0 Å². The second-order valence-electron chi connectivity index (χ2n) is 6.56. The van der Waals surface area contributed by atoms with Crippen molar-refractivity contribution in [3.8, 4) is 0 Å². The summed E-state index contributed by atoms with van der Waals surface area (Å²) < 4.78 is 32.9. The van der Waals surface area contributed by atoms with Crippen LogP contribution in [0, 0.1) is 6.92 Å². The summed E-state index contributed by atoms with van der Waals surface area (Å²) in [4.78, 5) is 17.0. The Morgan fingerprint density at radius 2 is 1.86 bits per heavy atom. The van der Waals surface area contributed by atoms with Crippen LogP contribution in [0.4, 0.5) is 5.13 Å². The van der Waals surface area contributed by atoms with Crippen LogP contribution in [0.1, 0.15) is 15.9 Å². The molecule has 0 aliphatic carbocycles. The van der Waals surface area contributed by atoms with E-state index in [0.29, 0.717) is 37.0 Å². The molecule has 4 rings (SSSR count). The Balaban J connectivity index is 1.43. The molecule has 0 radical (unpaired) electrons. The van der Waals surface area contributed by atoms with Crippen molar-refractivity contribution in [3.05, 3.63) is 53.6 Å². The lowest BCUT2D eigenvalue weighted by Crippen LogP contribution is -2.40. The first-order chi connectivity index (χ1) is 13.9. The highest BCUT2D eigenvalue weighted by atomic mass is 32.2. The zero-order valence-electron chi connectivity index (χ0n) is 15.7. The van der Waals surface area contributed by atoms with E-state index >= 15 is 0 Å². The van der Waals surface area contributed by atoms with E-state index in [-0.39, 0.29) is 10.8 Å². The van der Waals surface area contributed by atoms with Gasteiger partial charge in [0.25, 0.3) is 5.91 Å². The highest BCUT2D eigenvalue weighted by Gasteiger charge is 2.26. The van der Waals surface area contributed by atoms with Gasteiger partial charge in [-0.05, 0) is 42.8 Å². The van der Waals surface area contributed by atoms with Gasteiger partial charge in [0.1, 0.15) is 0 Å². The van der Waals surface area contributed by atoms with E-state index in [1.807, 2.05) is 25.1 Å². The number of carbonyl (C=O) groups is 1. The van der Waals surface area contributed by atoms with Gasteiger partial charge in [-0.3, -0.25) is 15.6 Å². The molecule has 0 unspecified atom stereocenters. The number of ether oxygens (including phenoxy) is 1. The monoisotopic (exact) mass is 432 g/mol. The van der Waals surface area contributed by atoms with E-state index in [1.54, 1.807) is 0 Å². The third-order valence-electron chi connectivity index (χ3n) is 4.63. The molecule has 0 bridgehead atoms. The molecule has 8 nitrogen and oxygen atoms in total. The van der Waals surface area contributed by atoms with E-state index in [0.717, 1.165) is 15.8 Å². The minimum atomic E-state index is -3.58.